The van der Waals surface area contributed by atoms with E-state index in [2.05, 4.69) is 38.5 Å². The molecule has 22 heavy (non-hydrogen) atoms. The van der Waals surface area contributed by atoms with E-state index < -0.39 is 0 Å². The van der Waals surface area contributed by atoms with Gasteiger partial charge in [0.15, 0.2) is 0 Å². The Kier molecular flexibility index (Phi) is 11.3. The lowest BCUT2D eigenvalue weighted by atomic mass is 10.00. The fourth-order valence-electron chi connectivity index (χ4n) is 1.77. The number of rotatable bonds is 9. The minimum atomic E-state index is 0.0147. The normalized spacial score (nSPS) is 11.1. The molecular weight excluding hydrogens is 296 g/mol. The van der Waals surface area contributed by atoms with Crippen molar-refractivity contribution in [3.63, 3.8) is 0 Å². The number of hydrogen-bond donors (Lipinski definition) is 2. The molecule has 0 bridgehead atoms. The fraction of sp³-hybridized carbons (Fsp3) is 0.667. The highest BCUT2D eigenvalue weighted by Gasteiger charge is 2.16. The van der Waals surface area contributed by atoms with Crippen LogP contribution in [0.4, 0.5) is 5.69 Å². The highest BCUT2D eigenvalue weighted by atomic mass is 35.5. The summed E-state index contributed by atoms with van der Waals surface area (Å²) < 4.78 is 5.60. The van der Waals surface area contributed by atoms with E-state index in [1.54, 1.807) is 0 Å². The Morgan fingerprint density at radius 2 is 1.73 bits per heavy atom. The van der Waals surface area contributed by atoms with Gasteiger partial charge >= 0.3 is 0 Å². The molecule has 0 unspecified atom stereocenters. The summed E-state index contributed by atoms with van der Waals surface area (Å²) >= 11 is 5.86. The van der Waals surface area contributed by atoms with Crippen molar-refractivity contribution >= 4 is 17.3 Å². The van der Waals surface area contributed by atoms with Gasteiger partial charge in [0, 0.05) is 29.5 Å². The Labute approximate surface area is 141 Å². The van der Waals surface area contributed by atoms with E-state index in [4.69, 9.17) is 16.3 Å². The van der Waals surface area contributed by atoms with E-state index in [1.165, 1.54) is 0 Å². The van der Waals surface area contributed by atoms with Gasteiger partial charge < -0.3 is 10.2 Å². The van der Waals surface area contributed by atoms with E-state index in [1.807, 2.05) is 38.1 Å². The summed E-state index contributed by atoms with van der Waals surface area (Å²) in [6.45, 7) is 14.4. The Balaban J connectivity index is 0.00000211. The number of ether oxygens (including phenoxy) is 1. The number of halogens is 1. The molecule has 2 N–H and O–H groups in total. The maximum atomic E-state index is 5.86. The van der Waals surface area contributed by atoms with Crippen molar-refractivity contribution in [3.05, 3.63) is 29.3 Å². The van der Waals surface area contributed by atoms with Crippen molar-refractivity contribution in [2.75, 3.05) is 18.6 Å². The maximum Gasteiger partial charge on any atom is 0.0488 e. The van der Waals surface area contributed by atoms with Gasteiger partial charge in [-0.2, -0.15) is 0 Å². The van der Waals surface area contributed by atoms with Crippen LogP contribution in [-0.4, -0.2) is 18.8 Å². The SMILES string of the molecule is CC.CC(C)COCCCC(C)(C)NNc1ccc(Cl)cc1. The summed E-state index contributed by atoms with van der Waals surface area (Å²) in [6, 6.07) is 7.66. The summed E-state index contributed by atoms with van der Waals surface area (Å²) in [7, 11) is 0. The molecule has 0 fully saturated rings. The molecule has 0 amide bonds. The first kappa shape index (κ1) is 21.2. The molecular formula is C18H33ClN2O. The molecule has 0 heterocycles. The smallest absolute Gasteiger partial charge is 0.0488 e. The minimum absolute atomic E-state index is 0.0147. The molecule has 128 valence electrons. The zero-order valence-electron chi connectivity index (χ0n) is 15.0. The van der Waals surface area contributed by atoms with E-state index >= 15 is 0 Å². The lowest BCUT2D eigenvalue weighted by Gasteiger charge is -2.27. The molecule has 0 aliphatic rings. The average molecular weight is 329 g/mol. The Morgan fingerprint density at radius 1 is 1.14 bits per heavy atom. The number of anilines is 1. The fourth-order valence-corrected chi connectivity index (χ4v) is 1.90. The van der Waals surface area contributed by atoms with Gasteiger partial charge in [0.2, 0.25) is 0 Å². The van der Waals surface area contributed by atoms with Crippen LogP contribution in [0.1, 0.15) is 54.4 Å². The first-order valence-electron chi connectivity index (χ1n) is 8.25. The predicted molar refractivity (Wildman–Crippen MR) is 98.5 cm³/mol. The number of hydrogen-bond acceptors (Lipinski definition) is 3. The largest absolute Gasteiger partial charge is 0.381 e. The summed E-state index contributed by atoms with van der Waals surface area (Å²) in [4.78, 5) is 0. The van der Waals surface area contributed by atoms with Gasteiger partial charge in [-0.25, -0.2) is 5.43 Å². The topological polar surface area (TPSA) is 33.3 Å². The molecule has 0 aromatic heterocycles. The molecule has 0 radical (unpaired) electrons. The van der Waals surface area contributed by atoms with Gasteiger partial charge in [-0.3, -0.25) is 0 Å². The van der Waals surface area contributed by atoms with Crippen LogP contribution in [0.25, 0.3) is 0 Å². The van der Waals surface area contributed by atoms with Crippen LogP contribution in [0.15, 0.2) is 24.3 Å². The maximum absolute atomic E-state index is 5.86. The van der Waals surface area contributed by atoms with Gasteiger partial charge in [-0.05, 0) is 56.9 Å². The lowest BCUT2D eigenvalue weighted by Crippen LogP contribution is -2.43. The first-order valence-corrected chi connectivity index (χ1v) is 8.63. The Bertz CT molecular complexity index is 377. The molecule has 0 spiro atoms. The molecule has 1 rings (SSSR count). The summed E-state index contributed by atoms with van der Waals surface area (Å²) in [5, 5.41) is 0.747. The monoisotopic (exact) mass is 328 g/mol. The second-order valence-corrected chi connectivity index (χ2v) is 6.65. The van der Waals surface area contributed by atoms with Crippen LogP contribution in [0.5, 0.6) is 0 Å². The summed E-state index contributed by atoms with van der Waals surface area (Å²) in [5.74, 6) is 0.604. The number of benzene rings is 1. The summed E-state index contributed by atoms with van der Waals surface area (Å²) in [6.07, 6.45) is 2.10. The van der Waals surface area contributed by atoms with Crippen molar-refractivity contribution in [3.8, 4) is 0 Å². The van der Waals surface area contributed by atoms with Gasteiger partial charge in [0.25, 0.3) is 0 Å². The van der Waals surface area contributed by atoms with Crippen molar-refractivity contribution in [1.82, 2.24) is 5.43 Å². The van der Waals surface area contributed by atoms with Gasteiger partial charge in [0.05, 0.1) is 0 Å². The van der Waals surface area contributed by atoms with Crippen molar-refractivity contribution < 1.29 is 4.74 Å². The van der Waals surface area contributed by atoms with Crippen LogP contribution in [0.2, 0.25) is 5.02 Å². The summed E-state index contributed by atoms with van der Waals surface area (Å²) in [5.41, 5.74) is 7.59. The molecule has 4 heteroatoms. The lowest BCUT2D eigenvalue weighted by molar-refractivity contribution is 0.102. The van der Waals surface area contributed by atoms with Crippen molar-refractivity contribution in [2.24, 2.45) is 5.92 Å². The molecule has 0 aliphatic heterocycles. The molecule has 3 nitrogen and oxygen atoms in total. The molecule has 0 aliphatic carbocycles. The molecule has 0 atom stereocenters. The third-order valence-corrected chi connectivity index (χ3v) is 3.18. The van der Waals surface area contributed by atoms with Crippen LogP contribution < -0.4 is 10.9 Å². The Morgan fingerprint density at radius 3 is 2.27 bits per heavy atom. The zero-order valence-corrected chi connectivity index (χ0v) is 15.8. The number of hydrazine groups is 1. The average Bonchev–Trinajstić information content (AvgIpc) is 2.48. The van der Waals surface area contributed by atoms with Crippen LogP contribution in [0.3, 0.4) is 0 Å². The zero-order chi connectivity index (χ0) is 17.0. The molecule has 0 saturated heterocycles. The number of nitrogens with one attached hydrogen (secondary N) is 2. The molecule has 1 aromatic carbocycles. The van der Waals surface area contributed by atoms with Gasteiger partial charge in [-0.15, -0.1) is 0 Å². The third kappa shape index (κ3) is 10.9. The first-order chi connectivity index (χ1) is 10.4. The van der Waals surface area contributed by atoms with E-state index in [-0.39, 0.29) is 5.54 Å². The molecule has 0 saturated carbocycles. The van der Waals surface area contributed by atoms with Gasteiger partial charge in [0.1, 0.15) is 0 Å². The minimum Gasteiger partial charge on any atom is -0.381 e. The van der Waals surface area contributed by atoms with E-state index in [9.17, 15) is 0 Å². The van der Waals surface area contributed by atoms with Crippen LogP contribution in [0, 0.1) is 5.92 Å². The standard InChI is InChI=1S/C16H27ClN2O.C2H6/c1-13(2)12-20-11-5-10-16(3,4)19-18-15-8-6-14(17)7-9-15;1-2/h6-9,13,18-19H,5,10-12H2,1-4H3;1-2H3. The van der Waals surface area contributed by atoms with E-state index in [0.29, 0.717) is 5.92 Å². The second kappa shape index (κ2) is 11.8. The highest BCUT2D eigenvalue weighted by molar-refractivity contribution is 6.30. The van der Waals surface area contributed by atoms with Crippen LogP contribution in [-0.2, 0) is 4.74 Å². The van der Waals surface area contributed by atoms with E-state index in [0.717, 1.165) is 36.8 Å². The second-order valence-electron chi connectivity index (χ2n) is 6.21. The van der Waals surface area contributed by atoms with Crippen molar-refractivity contribution in [1.29, 1.82) is 0 Å². The quantitative estimate of drug-likeness (QED) is 0.463. The third-order valence-electron chi connectivity index (χ3n) is 2.93. The van der Waals surface area contributed by atoms with Crippen molar-refractivity contribution in [2.45, 2.75) is 59.9 Å². The predicted octanol–water partition coefficient (Wildman–Crippen LogP) is 5.51. The molecule has 1 aromatic rings. The highest BCUT2D eigenvalue weighted by Crippen LogP contribution is 2.15. The Hall–Kier alpha value is -0.770. The van der Waals surface area contributed by atoms with Crippen LogP contribution >= 0.6 is 11.6 Å². The van der Waals surface area contributed by atoms with Gasteiger partial charge in [-0.1, -0.05) is 39.3 Å².